The van der Waals surface area contributed by atoms with Gasteiger partial charge in [0.2, 0.25) is 0 Å². The van der Waals surface area contributed by atoms with E-state index in [0.29, 0.717) is 11.6 Å². The Balaban J connectivity index is 1.98. The third-order valence-corrected chi connectivity index (χ3v) is 4.11. The zero-order valence-electron chi connectivity index (χ0n) is 13.3. The second-order valence-corrected chi connectivity index (χ2v) is 5.79. The zero-order chi connectivity index (χ0) is 18.3. The molecule has 1 aromatic heterocycles. The Labute approximate surface area is 146 Å². The van der Waals surface area contributed by atoms with Crippen LogP contribution in [0.3, 0.4) is 0 Å². The fourth-order valence-electron chi connectivity index (χ4n) is 2.92. The van der Waals surface area contributed by atoms with Crippen molar-refractivity contribution >= 4 is 11.0 Å². The summed E-state index contributed by atoms with van der Waals surface area (Å²) in [6.45, 7) is 0. The molecule has 0 atom stereocenters. The Morgan fingerprint density at radius 3 is 2.19 bits per heavy atom. The molecule has 0 saturated carbocycles. The molecule has 0 bridgehead atoms. The molecule has 0 radical (unpaired) electrons. The highest BCUT2D eigenvalue weighted by Crippen LogP contribution is 2.34. The van der Waals surface area contributed by atoms with E-state index in [1.807, 2.05) is 42.5 Å². The van der Waals surface area contributed by atoms with Crippen LogP contribution in [0.15, 0.2) is 72.8 Å². The van der Waals surface area contributed by atoms with E-state index in [1.54, 1.807) is 16.7 Å². The lowest BCUT2D eigenvalue weighted by Gasteiger charge is -2.12. The molecule has 0 aliphatic carbocycles. The van der Waals surface area contributed by atoms with E-state index in [4.69, 9.17) is 0 Å². The van der Waals surface area contributed by atoms with Gasteiger partial charge in [-0.05, 0) is 42.5 Å². The number of alkyl halides is 3. The lowest BCUT2D eigenvalue weighted by Crippen LogP contribution is -2.06. The van der Waals surface area contributed by atoms with Gasteiger partial charge in [-0.2, -0.15) is 13.2 Å². The first-order valence-corrected chi connectivity index (χ1v) is 7.85. The van der Waals surface area contributed by atoms with Gasteiger partial charge in [0.15, 0.2) is 0 Å². The summed E-state index contributed by atoms with van der Waals surface area (Å²) in [5, 5.41) is 0. The van der Waals surface area contributed by atoms with Crippen molar-refractivity contribution in [2.45, 2.75) is 6.18 Å². The third-order valence-electron chi connectivity index (χ3n) is 4.11. The van der Waals surface area contributed by atoms with E-state index >= 15 is 0 Å². The second-order valence-electron chi connectivity index (χ2n) is 5.79. The van der Waals surface area contributed by atoms with Crippen LogP contribution in [0.5, 0.6) is 0 Å². The highest BCUT2D eigenvalue weighted by molar-refractivity contribution is 5.83. The van der Waals surface area contributed by atoms with Crippen LogP contribution in [0.25, 0.3) is 28.1 Å². The molecule has 0 aliphatic rings. The molecular weight excluding hydrogens is 344 g/mol. The number of para-hydroxylation sites is 3. The Morgan fingerprint density at radius 1 is 0.808 bits per heavy atom. The predicted molar refractivity (Wildman–Crippen MR) is 91.5 cm³/mol. The van der Waals surface area contributed by atoms with Crippen LogP contribution >= 0.6 is 0 Å². The molecule has 0 unspecified atom stereocenters. The van der Waals surface area contributed by atoms with E-state index < -0.39 is 17.6 Å². The molecule has 1 heterocycles. The molecule has 130 valence electrons. The van der Waals surface area contributed by atoms with Crippen LogP contribution in [0, 0.1) is 5.82 Å². The molecule has 4 rings (SSSR count). The SMILES string of the molecule is Fc1cc(C(F)(F)F)ccc1-c1nc2ccccc2n1-c1ccccc1. The molecule has 26 heavy (non-hydrogen) atoms. The van der Waals surface area contributed by atoms with Crippen LogP contribution in [-0.4, -0.2) is 9.55 Å². The Kier molecular flexibility index (Phi) is 3.76. The van der Waals surface area contributed by atoms with Crippen molar-refractivity contribution < 1.29 is 17.6 Å². The quantitative estimate of drug-likeness (QED) is 0.412. The smallest absolute Gasteiger partial charge is 0.292 e. The summed E-state index contributed by atoms with van der Waals surface area (Å²) in [4.78, 5) is 4.45. The summed E-state index contributed by atoms with van der Waals surface area (Å²) < 4.78 is 54.8. The lowest BCUT2D eigenvalue weighted by molar-refractivity contribution is -0.137. The van der Waals surface area contributed by atoms with Crippen molar-refractivity contribution in [3.63, 3.8) is 0 Å². The van der Waals surface area contributed by atoms with Gasteiger partial charge in [-0.1, -0.05) is 30.3 Å². The molecule has 0 aliphatic heterocycles. The summed E-state index contributed by atoms with van der Waals surface area (Å²) >= 11 is 0. The number of imidazole rings is 1. The van der Waals surface area contributed by atoms with Crippen LogP contribution in [0.1, 0.15) is 5.56 Å². The summed E-state index contributed by atoms with van der Waals surface area (Å²) in [6, 6.07) is 18.9. The number of benzene rings is 3. The van der Waals surface area contributed by atoms with E-state index in [1.165, 1.54) is 0 Å². The monoisotopic (exact) mass is 356 g/mol. The van der Waals surface area contributed by atoms with Gasteiger partial charge in [0, 0.05) is 5.69 Å². The van der Waals surface area contributed by atoms with Gasteiger partial charge in [-0.15, -0.1) is 0 Å². The molecule has 0 saturated heterocycles. The largest absolute Gasteiger partial charge is 0.416 e. The van der Waals surface area contributed by atoms with Crippen LogP contribution in [0.4, 0.5) is 17.6 Å². The summed E-state index contributed by atoms with van der Waals surface area (Å²) in [5.41, 5.74) is 1.10. The van der Waals surface area contributed by atoms with E-state index in [0.717, 1.165) is 23.3 Å². The van der Waals surface area contributed by atoms with Gasteiger partial charge in [0.05, 0.1) is 22.2 Å². The fourth-order valence-corrected chi connectivity index (χ4v) is 2.92. The molecule has 6 heteroatoms. The van der Waals surface area contributed by atoms with Gasteiger partial charge in [0.1, 0.15) is 11.6 Å². The van der Waals surface area contributed by atoms with Gasteiger partial charge in [-0.3, -0.25) is 4.57 Å². The number of fused-ring (bicyclic) bond motifs is 1. The maximum atomic E-state index is 14.5. The maximum absolute atomic E-state index is 14.5. The Bertz CT molecular complexity index is 1080. The minimum atomic E-state index is -4.60. The summed E-state index contributed by atoms with van der Waals surface area (Å²) in [6.07, 6.45) is -4.60. The predicted octanol–water partition coefficient (Wildman–Crippen LogP) is 5.85. The van der Waals surface area contributed by atoms with Crippen molar-refractivity contribution in [3.8, 4) is 17.1 Å². The zero-order valence-corrected chi connectivity index (χ0v) is 13.3. The summed E-state index contributed by atoms with van der Waals surface area (Å²) in [7, 11) is 0. The number of aromatic nitrogens is 2. The first-order chi connectivity index (χ1) is 12.4. The molecule has 0 N–H and O–H groups in total. The topological polar surface area (TPSA) is 17.8 Å². The van der Waals surface area contributed by atoms with Crippen molar-refractivity contribution in [2.75, 3.05) is 0 Å². The highest BCUT2D eigenvalue weighted by Gasteiger charge is 2.31. The maximum Gasteiger partial charge on any atom is 0.416 e. The van der Waals surface area contributed by atoms with Crippen molar-refractivity contribution in [3.05, 3.63) is 84.2 Å². The van der Waals surface area contributed by atoms with Gasteiger partial charge >= 0.3 is 6.18 Å². The molecule has 0 amide bonds. The van der Waals surface area contributed by atoms with Gasteiger partial charge < -0.3 is 0 Å². The number of hydrogen-bond acceptors (Lipinski definition) is 1. The Hall–Kier alpha value is -3.15. The number of halogens is 4. The van der Waals surface area contributed by atoms with Crippen LogP contribution in [-0.2, 0) is 6.18 Å². The van der Waals surface area contributed by atoms with Crippen LogP contribution < -0.4 is 0 Å². The highest BCUT2D eigenvalue weighted by atomic mass is 19.4. The van der Waals surface area contributed by atoms with Crippen molar-refractivity contribution in [1.29, 1.82) is 0 Å². The minimum absolute atomic E-state index is 0.0121. The fraction of sp³-hybridized carbons (Fsp3) is 0.0500. The lowest BCUT2D eigenvalue weighted by atomic mass is 10.1. The number of rotatable bonds is 2. The van der Waals surface area contributed by atoms with E-state index in [9.17, 15) is 17.6 Å². The molecule has 4 aromatic rings. The van der Waals surface area contributed by atoms with Gasteiger partial charge in [0.25, 0.3) is 0 Å². The molecule has 2 nitrogen and oxygen atoms in total. The number of nitrogens with zero attached hydrogens (tertiary/aromatic N) is 2. The van der Waals surface area contributed by atoms with E-state index in [2.05, 4.69) is 4.98 Å². The van der Waals surface area contributed by atoms with E-state index in [-0.39, 0.29) is 11.4 Å². The minimum Gasteiger partial charge on any atom is -0.292 e. The number of hydrogen-bond donors (Lipinski definition) is 0. The average Bonchev–Trinajstić information content (AvgIpc) is 3.00. The average molecular weight is 356 g/mol. The first kappa shape index (κ1) is 16.3. The summed E-state index contributed by atoms with van der Waals surface area (Å²) in [5.74, 6) is -0.712. The van der Waals surface area contributed by atoms with Gasteiger partial charge in [-0.25, -0.2) is 9.37 Å². The second kappa shape index (κ2) is 5.98. The van der Waals surface area contributed by atoms with Crippen molar-refractivity contribution in [2.24, 2.45) is 0 Å². The normalized spacial score (nSPS) is 11.8. The Morgan fingerprint density at radius 2 is 1.50 bits per heavy atom. The molecule has 3 aromatic carbocycles. The molecule has 0 fully saturated rings. The first-order valence-electron chi connectivity index (χ1n) is 7.85. The van der Waals surface area contributed by atoms with Crippen molar-refractivity contribution in [1.82, 2.24) is 9.55 Å². The molecular formula is C20H12F4N2. The van der Waals surface area contributed by atoms with Crippen LogP contribution in [0.2, 0.25) is 0 Å². The molecule has 0 spiro atoms. The standard InChI is InChI=1S/C20H12F4N2/c21-16-12-13(20(22,23)24)10-11-15(16)19-25-17-8-4-5-9-18(17)26(19)14-6-2-1-3-7-14/h1-12H. The third kappa shape index (κ3) is 2.73.